The van der Waals surface area contributed by atoms with Gasteiger partial charge in [-0.1, -0.05) is 6.42 Å². The van der Waals surface area contributed by atoms with Gasteiger partial charge >= 0.3 is 0 Å². The number of imidazole rings is 1. The summed E-state index contributed by atoms with van der Waals surface area (Å²) in [5.41, 5.74) is 0. The monoisotopic (exact) mass is 293 g/mol. The number of unbranched alkanes of at least 4 members (excludes halogenated alkanes) is 2. The highest BCUT2D eigenvalue weighted by atomic mass is 35.5. The lowest BCUT2D eigenvalue weighted by Gasteiger charge is -2.15. The maximum Gasteiger partial charge on any atom is 0.261 e. The molecule has 0 aliphatic carbocycles. The molecule has 5 nitrogen and oxygen atoms in total. The lowest BCUT2D eigenvalue weighted by molar-refractivity contribution is 0.452. The van der Waals surface area contributed by atoms with Crippen LogP contribution in [0.25, 0.3) is 0 Å². The van der Waals surface area contributed by atoms with Crippen molar-refractivity contribution in [2.24, 2.45) is 0 Å². The Morgan fingerprint density at radius 2 is 2.11 bits per heavy atom. The highest BCUT2D eigenvalue weighted by Gasteiger charge is 2.22. The molecule has 18 heavy (non-hydrogen) atoms. The number of sulfonamides is 1. The molecule has 0 atom stereocenters. The molecule has 0 bridgehead atoms. The van der Waals surface area contributed by atoms with Crippen LogP contribution in [0.2, 0.25) is 0 Å². The van der Waals surface area contributed by atoms with E-state index in [0.717, 1.165) is 19.3 Å². The van der Waals surface area contributed by atoms with Crippen molar-refractivity contribution in [2.75, 3.05) is 19.5 Å². The first-order valence-electron chi connectivity index (χ1n) is 6.06. The molecule has 0 fully saturated rings. The molecule has 0 saturated carbocycles. The van der Waals surface area contributed by atoms with Gasteiger partial charge < -0.3 is 4.57 Å². The van der Waals surface area contributed by atoms with Gasteiger partial charge in [0.15, 0.2) is 5.03 Å². The molecule has 104 valence electrons. The van der Waals surface area contributed by atoms with Crippen molar-refractivity contribution >= 4 is 21.6 Å². The van der Waals surface area contributed by atoms with Crippen LogP contribution < -0.4 is 0 Å². The highest BCUT2D eigenvalue weighted by Crippen LogP contribution is 2.12. The van der Waals surface area contributed by atoms with Gasteiger partial charge in [0.2, 0.25) is 0 Å². The van der Waals surface area contributed by atoms with E-state index in [0.29, 0.717) is 19.0 Å². The molecule has 1 rings (SSSR count). The third-order valence-corrected chi connectivity index (χ3v) is 4.77. The normalized spacial score (nSPS) is 12.2. The summed E-state index contributed by atoms with van der Waals surface area (Å²) in [5, 5.41) is 0.115. The maximum atomic E-state index is 12.1. The third-order valence-electron chi connectivity index (χ3n) is 2.76. The van der Waals surface area contributed by atoms with Gasteiger partial charge in [-0.2, -0.15) is 4.31 Å². The molecule has 0 saturated heterocycles. The van der Waals surface area contributed by atoms with E-state index in [9.17, 15) is 8.42 Å². The Morgan fingerprint density at radius 3 is 2.67 bits per heavy atom. The predicted molar refractivity (Wildman–Crippen MR) is 72.3 cm³/mol. The van der Waals surface area contributed by atoms with Gasteiger partial charge in [0.25, 0.3) is 10.0 Å². The minimum Gasteiger partial charge on any atom is -0.336 e. The number of aryl methyl sites for hydroxylation is 1. The van der Waals surface area contributed by atoms with Crippen molar-refractivity contribution in [3.05, 3.63) is 12.5 Å². The first kappa shape index (κ1) is 15.5. The number of nitrogens with zero attached hydrogens (tertiary/aromatic N) is 3. The summed E-state index contributed by atoms with van der Waals surface area (Å²) in [5.74, 6) is 0.622. The Hall–Kier alpha value is -0.590. The summed E-state index contributed by atoms with van der Waals surface area (Å²) in [6.45, 7) is 3.15. The van der Waals surface area contributed by atoms with Crippen molar-refractivity contribution in [1.29, 1.82) is 0 Å². The zero-order chi connectivity index (χ0) is 13.6. The smallest absolute Gasteiger partial charge is 0.261 e. The van der Waals surface area contributed by atoms with Gasteiger partial charge in [0.05, 0.1) is 6.33 Å². The Balaban J connectivity index is 2.62. The van der Waals surface area contributed by atoms with Crippen LogP contribution >= 0.6 is 11.6 Å². The second-order valence-corrected chi connectivity index (χ2v) is 6.49. The fourth-order valence-corrected chi connectivity index (χ4v) is 2.86. The van der Waals surface area contributed by atoms with Crippen LogP contribution in [0.4, 0.5) is 0 Å². The third kappa shape index (κ3) is 3.96. The molecule has 0 radical (unpaired) electrons. The van der Waals surface area contributed by atoms with Crippen molar-refractivity contribution < 1.29 is 8.42 Å². The van der Waals surface area contributed by atoms with E-state index in [1.807, 2.05) is 6.92 Å². The standard InChI is InChI=1S/C11H20ClN3O2S/c1-3-15-9-11(13-10-15)18(16,17)14(2)8-6-4-5-7-12/h9-10H,3-8H2,1-2H3. The predicted octanol–water partition coefficient (Wildman–Crippen LogP) is 1.93. The van der Waals surface area contributed by atoms with Gasteiger partial charge in [-0.15, -0.1) is 11.6 Å². The molecular formula is C11H20ClN3O2S. The molecule has 1 heterocycles. The zero-order valence-corrected chi connectivity index (χ0v) is 12.4. The van der Waals surface area contributed by atoms with Crippen molar-refractivity contribution in [1.82, 2.24) is 13.9 Å². The highest BCUT2D eigenvalue weighted by molar-refractivity contribution is 7.89. The molecule has 1 aromatic rings. The number of hydrogen-bond acceptors (Lipinski definition) is 3. The van der Waals surface area contributed by atoms with E-state index in [-0.39, 0.29) is 5.03 Å². The fourth-order valence-electron chi connectivity index (χ4n) is 1.53. The Bertz CT molecular complexity index is 459. The molecule has 0 amide bonds. The number of halogens is 1. The maximum absolute atomic E-state index is 12.1. The Kier molecular flexibility index (Phi) is 6.11. The first-order valence-corrected chi connectivity index (χ1v) is 8.04. The summed E-state index contributed by atoms with van der Waals surface area (Å²) in [4.78, 5) is 3.94. The Labute approximate surface area is 114 Å². The second kappa shape index (κ2) is 7.11. The van der Waals surface area contributed by atoms with Gasteiger partial charge in [-0.25, -0.2) is 13.4 Å². The van der Waals surface area contributed by atoms with Crippen LogP contribution in [0.1, 0.15) is 26.2 Å². The van der Waals surface area contributed by atoms with Gasteiger partial charge in [-0.05, 0) is 19.8 Å². The van der Waals surface area contributed by atoms with Crippen LogP contribution in [0.3, 0.4) is 0 Å². The minimum atomic E-state index is -3.45. The molecular weight excluding hydrogens is 274 g/mol. The summed E-state index contributed by atoms with van der Waals surface area (Å²) in [7, 11) is -1.86. The molecule has 0 N–H and O–H groups in total. The van der Waals surface area contributed by atoms with Crippen LogP contribution in [-0.4, -0.2) is 41.7 Å². The average Bonchev–Trinajstić information content (AvgIpc) is 2.83. The second-order valence-electron chi connectivity index (χ2n) is 4.12. The van der Waals surface area contributed by atoms with Crippen LogP contribution in [0.15, 0.2) is 17.6 Å². The molecule has 0 aliphatic heterocycles. The largest absolute Gasteiger partial charge is 0.336 e. The molecule has 0 aliphatic rings. The van der Waals surface area contributed by atoms with Crippen LogP contribution in [-0.2, 0) is 16.6 Å². The van der Waals surface area contributed by atoms with Crippen molar-refractivity contribution in [3.63, 3.8) is 0 Å². The van der Waals surface area contributed by atoms with Crippen molar-refractivity contribution in [2.45, 2.75) is 37.8 Å². The summed E-state index contributed by atoms with van der Waals surface area (Å²) in [6.07, 6.45) is 5.77. The zero-order valence-electron chi connectivity index (χ0n) is 10.8. The summed E-state index contributed by atoms with van der Waals surface area (Å²) >= 11 is 5.58. The van der Waals surface area contributed by atoms with Crippen LogP contribution in [0, 0.1) is 0 Å². The average molecular weight is 294 g/mol. The van der Waals surface area contributed by atoms with Gasteiger partial charge in [0.1, 0.15) is 0 Å². The number of alkyl halides is 1. The molecule has 0 spiro atoms. The number of hydrogen-bond donors (Lipinski definition) is 0. The molecule has 0 unspecified atom stereocenters. The summed E-state index contributed by atoms with van der Waals surface area (Å²) in [6, 6.07) is 0. The van der Waals surface area contributed by atoms with E-state index in [4.69, 9.17) is 11.6 Å². The topological polar surface area (TPSA) is 55.2 Å². The van der Waals surface area contributed by atoms with Gasteiger partial charge in [-0.3, -0.25) is 0 Å². The van der Waals surface area contributed by atoms with E-state index in [1.165, 1.54) is 10.6 Å². The Morgan fingerprint density at radius 1 is 1.39 bits per heavy atom. The van der Waals surface area contributed by atoms with E-state index in [1.54, 1.807) is 17.8 Å². The number of rotatable bonds is 8. The lowest BCUT2D eigenvalue weighted by atomic mass is 10.2. The van der Waals surface area contributed by atoms with Crippen LogP contribution in [0.5, 0.6) is 0 Å². The van der Waals surface area contributed by atoms with Crippen molar-refractivity contribution in [3.8, 4) is 0 Å². The fraction of sp³-hybridized carbons (Fsp3) is 0.727. The van der Waals surface area contributed by atoms with Gasteiger partial charge in [0, 0.05) is 32.2 Å². The molecule has 1 aromatic heterocycles. The molecule has 0 aromatic carbocycles. The first-order chi connectivity index (χ1) is 8.52. The number of aromatic nitrogens is 2. The van der Waals surface area contributed by atoms with E-state index >= 15 is 0 Å². The minimum absolute atomic E-state index is 0.115. The SMILES string of the molecule is CCn1cnc(S(=O)(=O)N(C)CCCCCCl)c1. The lowest BCUT2D eigenvalue weighted by Crippen LogP contribution is -2.28. The summed E-state index contributed by atoms with van der Waals surface area (Å²) < 4.78 is 27.4. The van der Waals surface area contributed by atoms with E-state index in [2.05, 4.69) is 4.98 Å². The molecule has 7 heteroatoms. The van der Waals surface area contributed by atoms with E-state index < -0.39 is 10.0 Å². The quantitative estimate of drug-likeness (QED) is 0.544.